The van der Waals surface area contributed by atoms with Gasteiger partial charge >= 0.3 is 0 Å². The molecule has 1 aliphatic rings. The predicted molar refractivity (Wildman–Crippen MR) is 87.5 cm³/mol. The molecule has 1 heterocycles. The molecule has 4 nitrogen and oxygen atoms in total. The molecule has 0 aliphatic carbocycles. The summed E-state index contributed by atoms with van der Waals surface area (Å²) in [6.45, 7) is 6.00. The van der Waals surface area contributed by atoms with E-state index in [4.69, 9.17) is 0 Å². The number of carbonyl (C=O) groups excluding carboxylic acids is 2. The average Bonchev–Trinajstić information content (AvgIpc) is 2.54. The molecule has 0 saturated carbocycles. The molecule has 23 heavy (non-hydrogen) atoms. The van der Waals surface area contributed by atoms with E-state index in [9.17, 15) is 14.0 Å². The summed E-state index contributed by atoms with van der Waals surface area (Å²) in [5.74, 6) is -0.0620. The first-order chi connectivity index (χ1) is 11.0. The van der Waals surface area contributed by atoms with Gasteiger partial charge in [-0.1, -0.05) is 13.8 Å². The number of nitrogens with one attached hydrogen (secondary N) is 1. The van der Waals surface area contributed by atoms with E-state index >= 15 is 0 Å². The molecule has 126 valence electrons. The quantitative estimate of drug-likeness (QED) is 0.907. The highest BCUT2D eigenvalue weighted by molar-refractivity contribution is 5.94. The Morgan fingerprint density at radius 3 is 2.65 bits per heavy atom. The summed E-state index contributed by atoms with van der Waals surface area (Å²) in [5, 5.41) is 2.96. The number of carbonyl (C=O) groups is 2. The maximum Gasteiger partial charge on any atom is 0.253 e. The minimum atomic E-state index is -0.359. The standard InChI is InChI=1S/C18H25FN2O2/c1-13(2)9-10-20-17(22)15-4-3-11-21(12-15)18(23)14-5-7-16(19)8-6-14/h5-8,13,15H,3-4,9-12H2,1-2H3,(H,20,22)/t15-/m0/s1. The van der Waals surface area contributed by atoms with E-state index < -0.39 is 0 Å². The van der Waals surface area contributed by atoms with E-state index in [0.29, 0.717) is 31.1 Å². The first-order valence-corrected chi connectivity index (χ1v) is 8.30. The molecular weight excluding hydrogens is 295 g/mol. The summed E-state index contributed by atoms with van der Waals surface area (Å²) in [6.07, 6.45) is 2.58. The van der Waals surface area contributed by atoms with Gasteiger partial charge in [-0.2, -0.15) is 0 Å². The molecule has 1 atom stereocenters. The Hall–Kier alpha value is -1.91. The Labute approximate surface area is 137 Å². The van der Waals surface area contributed by atoms with Crippen LogP contribution in [-0.4, -0.2) is 36.3 Å². The van der Waals surface area contributed by atoms with Crippen LogP contribution in [0.25, 0.3) is 0 Å². The second kappa shape index (κ2) is 8.09. The molecule has 0 bridgehead atoms. The largest absolute Gasteiger partial charge is 0.356 e. The maximum atomic E-state index is 13.0. The summed E-state index contributed by atoms with van der Waals surface area (Å²) >= 11 is 0. The van der Waals surface area contributed by atoms with Crippen LogP contribution in [0.5, 0.6) is 0 Å². The summed E-state index contributed by atoms with van der Waals surface area (Å²) in [4.78, 5) is 26.4. The Balaban J connectivity index is 1.91. The van der Waals surface area contributed by atoms with Crippen LogP contribution in [-0.2, 0) is 4.79 Å². The first-order valence-electron chi connectivity index (χ1n) is 8.30. The van der Waals surface area contributed by atoms with Gasteiger partial charge < -0.3 is 10.2 Å². The number of piperidine rings is 1. The van der Waals surface area contributed by atoms with Crippen LogP contribution in [0, 0.1) is 17.7 Å². The lowest BCUT2D eigenvalue weighted by molar-refractivity contribution is -0.126. The van der Waals surface area contributed by atoms with Crippen molar-refractivity contribution >= 4 is 11.8 Å². The molecule has 1 aromatic rings. The predicted octanol–water partition coefficient (Wildman–Crippen LogP) is 2.84. The van der Waals surface area contributed by atoms with E-state index in [1.165, 1.54) is 24.3 Å². The lowest BCUT2D eigenvalue weighted by Crippen LogP contribution is -2.45. The summed E-state index contributed by atoms with van der Waals surface area (Å²) in [5.41, 5.74) is 0.465. The fraction of sp³-hybridized carbons (Fsp3) is 0.556. The van der Waals surface area contributed by atoms with E-state index in [2.05, 4.69) is 19.2 Å². The number of rotatable bonds is 5. The zero-order valence-corrected chi connectivity index (χ0v) is 13.8. The lowest BCUT2D eigenvalue weighted by Gasteiger charge is -2.32. The third kappa shape index (κ3) is 5.05. The second-order valence-corrected chi connectivity index (χ2v) is 6.57. The van der Waals surface area contributed by atoms with Crippen LogP contribution >= 0.6 is 0 Å². The topological polar surface area (TPSA) is 49.4 Å². The molecule has 1 saturated heterocycles. The first kappa shape index (κ1) is 17.4. The highest BCUT2D eigenvalue weighted by Gasteiger charge is 2.28. The number of nitrogens with zero attached hydrogens (tertiary/aromatic N) is 1. The molecule has 1 fully saturated rings. The van der Waals surface area contributed by atoms with E-state index in [0.717, 1.165) is 19.3 Å². The molecule has 2 rings (SSSR count). The molecule has 2 amide bonds. The molecule has 5 heteroatoms. The molecule has 0 unspecified atom stereocenters. The SMILES string of the molecule is CC(C)CCNC(=O)[C@H]1CCCN(C(=O)c2ccc(F)cc2)C1. The zero-order valence-electron chi connectivity index (χ0n) is 13.8. The van der Waals surface area contributed by atoms with Gasteiger partial charge in [-0.05, 0) is 49.4 Å². The molecule has 0 radical (unpaired) electrons. The van der Waals surface area contributed by atoms with Gasteiger partial charge in [-0.3, -0.25) is 9.59 Å². The smallest absolute Gasteiger partial charge is 0.253 e. The van der Waals surface area contributed by atoms with Gasteiger partial charge in [0, 0.05) is 25.2 Å². The van der Waals surface area contributed by atoms with Crippen LogP contribution in [0.2, 0.25) is 0 Å². The van der Waals surface area contributed by atoms with Gasteiger partial charge in [0.2, 0.25) is 5.91 Å². The third-order valence-corrected chi connectivity index (χ3v) is 4.19. The number of benzene rings is 1. The van der Waals surface area contributed by atoms with Crippen LogP contribution in [0.3, 0.4) is 0 Å². The highest BCUT2D eigenvalue weighted by Crippen LogP contribution is 2.19. The molecule has 0 spiro atoms. The maximum absolute atomic E-state index is 13.0. The minimum Gasteiger partial charge on any atom is -0.356 e. The minimum absolute atomic E-state index is 0.0299. The Kier molecular flexibility index (Phi) is 6.13. The van der Waals surface area contributed by atoms with Crippen molar-refractivity contribution in [2.75, 3.05) is 19.6 Å². The second-order valence-electron chi connectivity index (χ2n) is 6.57. The Morgan fingerprint density at radius 1 is 1.30 bits per heavy atom. The van der Waals surface area contributed by atoms with E-state index in [1.807, 2.05) is 0 Å². The molecule has 0 aromatic heterocycles. The lowest BCUT2D eigenvalue weighted by atomic mass is 9.96. The van der Waals surface area contributed by atoms with Crippen LogP contribution in [0.15, 0.2) is 24.3 Å². The van der Waals surface area contributed by atoms with E-state index in [1.54, 1.807) is 4.90 Å². The number of halogens is 1. The fourth-order valence-corrected chi connectivity index (χ4v) is 2.78. The zero-order chi connectivity index (χ0) is 16.8. The Morgan fingerprint density at radius 2 is 2.00 bits per heavy atom. The van der Waals surface area contributed by atoms with Gasteiger partial charge in [0.1, 0.15) is 5.82 Å². The van der Waals surface area contributed by atoms with Gasteiger partial charge in [0.05, 0.1) is 5.92 Å². The highest BCUT2D eigenvalue weighted by atomic mass is 19.1. The van der Waals surface area contributed by atoms with Gasteiger partial charge in [-0.15, -0.1) is 0 Å². The fourth-order valence-electron chi connectivity index (χ4n) is 2.78. The summed E-state index contributed by atoms with van der Waals surface area (Å²) in [7, 11) is 0. The average molecular weight is 320 g/mol. The van der Waals surface area contributed by atoms with Gasteiger partial charge in [0.25, 0.3) is 5.91 Å². The third-order valence-electron chi connectivity index (χ3n) is 4.19. The van der Waals surface area contributed by atoms with Crippen molar-refractivity contribution in [1.82, 2.24) is 10.2 Å². The van der Waals surface area contributed by atoms with Crippen molar-refractivity contribution < 1.29 is 14.0 Å². The molecule has 1 aromatic carbocycles. The van der Waals surface area contributed by atoms with Crippen LogP contribution in [0.4, 0.5) is 4.39 Å². The van der Waals surface area contributed by atoms with Crippen molar-refractivity contribution in [3.63, 3.8) is 0 Å². The van der Waals surface area contributed by atoms with Crippen molar-refractivity contribution in [3.05, 3.63) is 35.6 Å². The molecule has 1 aliphatic heterocycles. The van der Waals surface area contributed by atoms with Crippen molar-refractivity contribution in [3.8, 4) is 0 Å². The van der Waals surface area contributed by atoms with Crippen molar-refractivity contribution in [2.45, 2.75) is 33.1 Å². The number of likely N-dealkylation sites (tertiary alicyclic amines) is 1. The summed E-state index contributed by atoms with van der Waals surface area (Å²) < 4.78 is 13.0. The van der Waals surface area contributed by atoms with E-state index in [-0.39, 0.29) is 23.5 Å². The number of hydrogen-bond donors (Lipinski definition) is 1. The van der Waals surface area contributed by atoms with Crippen LogP contribution in [0.1, 0.15) is 43.5 Å². The molecular formula is C18H25FN2O2. The van der Waals surface area contributed by atoms with Gasteiger partial charge in [0.15, 0.2) is 0 Å². The Bertz CT molecular complexity index is 542. The number of hydrogen-bond acceptors (Lipinski definition) is 2. The van der Waals surface area contributed by atoms with Crippen molar-refractivity contribution in [2.24, 2.45) is 11.8 Å². The van der Waals surface area contributed by atoms with Crippen LogP contribution < -0.4 is 5.32 Å². The summed E-state index contributed by atoms with van der Waals surface area (Å²) in [6, 6.07) is 5.55. The van der Waals surface area contributed by atoms with Crippen molar-refractivity contribution in [1.29, 1.82) is 0 Å². The van der Waals surface area contributed by atoms with Gasteiger partial charge in [-0.25, -0.2) is 4.39 Å². The molecule has 1 N–H and O–H groups in total. The normalized spacial score (nSPS) is 18.1. The number of amides is 2. The monoisotopic (exact) mass is 320 g/mol.